The van der Waals surface area contributed by atoms with Crippen LogP contribution in [0.25, 0.3) is 10.9 Å². The zero-order valence-electron chi connectivity index (χ0n) is 14.0. The third kappa shape index (κ3) is 3.88. The number of amides is 3. The molecule has 1 aromatic heterocycles. The van der Waals surface area contributed by atoms with Crippen LogP contribution in [0.4, 0.5) is 4.79 Å². The van der Waals surface area contributed by atoms with Crippen molar-refractivity contribution in [3.05, 3.63) is 36.5 Å². The van der Waals surface area contributed by atoms with E-state index in [0.717, 1.165) is 19.4 Å². The van der Waals surface area contributed by atoms with Crippen LogP contribution in [0.3, 0.4) is 0 Å². The van der Waals surface area contributed by atoms with E-state index < -0.39 is 0 Å². The summed E-state index contributed by atoms with van der Waals surface area (Å²) in [4.78, 5) is 25.0. The highest BCUT2D eigenvalue weighted by molar-refractivity contribution is 5.80. The average Bonchev–Trinajstić information content (AvgIpc) is 3.18. The predicted octanol–water partition coefficient (Wildman–Crippen LogP) is 1.95. The lowest BCUT2D eigenvalue weighted by Crippen LogP contribution is -2.42. The summed E-state index contributed by atoms with van der Waals surface area (Å²) in [5, 5.41) is 7.07. The Morgan fingerprint density at radius 1 is 1.25 bits per heavy atom. The highest BCUT2D eigenvalue weighted by Crippen LogP contribution is 2.15. The number of urea groups is 1. The van der Waals surface area contributed by atoms with Crippen LogP contribution in [0.1, 0.15) is 19.8 Å². The fraction of sp³-hybridized carbons (Fsp3) is 0.444. The molecule has 24 heavy (non-hydrogen) atoms. The maximum absolute atomic E-state index is 12.1. The van der Waals surface area contributed by atoms with Crippen molar-refractivity contribution in [1.29, 1.82) is 0 Å². The van der Waals surface area contributed by atoms with E-state index in [-0.39, 0.29) is 18.0 Å². The number of hydrogen-bond donors (Lipinski definition) is 2. The molecule has 1 aliphatic rings. The van der Waals surface area contributed by atoms with Gasteiger partial charge in [0.15, 0.2) is 0 Å². The van der Waals surface area contributed by atoms with E-state index in [4.69, 9.17) is 0 Å². The monoisotopic (exact) mass is 328 g/mol. The van der Waals surface area contributed by atoms with E-state index in [1.807, 2.05) is 12.1 Å². The van der Waals surface area contributed by atoms with Crippen LogP contribution >= 0.6 is 0 Å². The highest BCUT2D eigenvalue weighted by atomic mass is 16.2. The smallest absolute Gasteiger partial charge is 0.317 e. The Labute approximate surface area is 141 Å². The Balaban J connectivity index is 1.40. The quantitative estimate of drug-likeness (QED) is 0.824. The molecule has 2 N–H and O–H groups in total. The van der Waals surface area contributed by atoms with Crippen molar-refractivity contribution in [2.24, 2.45) is 0 Å². The van der Waals surface area contributed by atoms with Gasteiger partial charge in [-0.1, -0.05) is 18.2 Å². The normalized spacial score (nSPS) is 17.2. The third-order valence-electron chi connectivity index (χ3n) is 4.42. The zero-order chi connectivity index (χ0) is 16.9. The lowest BCUT2D eigenvalue weighted by atomic mass is 10.2. The van der Waals surface area contributed by atoms with Gasteiger partial charge in [-0.05, 0) is 30.4 Å². The van der Waals surface area contributed by atoms with E-state index in [1.54, 1.807) is 4.90 Å². The van der Waals surface area contributed by atoms with E-state index in [2.05, 4.69) is 39.6 Å². The molecule has 1 fully saturated rings. The van der Waals surface area contributed by atoms with Crippen LogP contribution in [0.15, 0.2) is 36.5 Å². The number of fused-ring (bicyclic) bond motifs is 1. The summed E-state index contributed by atoms with van der Waals surface area (Å²) < 4.78 is 2.21. The lowest BCUT2D eigenvalue weighted by molar-refractivity contribution is -0.119. The second-order valence-corrected chi connectivity index (χ2v) is 6.29. The molecule has 2 aromatic rings. The van der Waals surface area contributed by atoms with Crippen molar-refractivity contribution in [2.75, 3.05) is 19.6 Å². The van der Waals surface area contributed by atoms with E-state index in [0.29, 0.717) is 19.6 Å². The standard InChI is InChI=1S/C18H24N4O2/c1-14(23)20-16-8-12-22(13-16)18(24)19-9-4-10-21-11-7-15-5-2-3-6-17(15)21/h2-3,5-7,11,16H,4,8-10,12-13H2,1H3,(H,19,24)(H,20,23)/t16-/m0/s1. The predicted molar refractivity (Wildman–Crippen MR) is 93.7 cm³/mol. The Morgan fingerprint density at radius 2 is 2.08 bits per heavy atom. The molecule has 128 valence electrons. The highest BCUT2D eigenvalue weighted by Gasteiger charge is 2.26. The fourth-order valence-corrected chi connectivity index (χ4v) is 3.24. The first kappa shape index (κ1) is 16.4. The molecule has 0 aliphatic carbocycles. The van der Waals surface area contributed by atoms with Crippen molar-refractivity contribution in [1.82, 2.24) is 20.1 Å². The number of aryl methyl sites for hydroxylation is 1. The minimum Gasteiger partial charge on any atom is -0.352 e. The molecule has 0 bridgehead atoms. The minimum atomic E-state index is -0.0415. The summed E-state index contributed by atoms with van der Waals surface area (Å²) >= 11 is 0. The lowest BCUT2D eigenvalue weighted by Gasteiger charge is -2.17. The molecule has 1 aromatic carbocycles. The number of para-hydroxylation sites is 1. The first-order valence-electron chi connectivity index (χ1n) is 8.47. The van der Waals surface area contributed by atoms with E-state index in [9.17, 15) is 9.59 Å². The van der Waals surface area contributed by atoms with Crippen molar-refractivity contribution in [3.63, 3.8) is 0 Å². The summed E-state index contributed by atoms with van der Waals surface area (Å²) in [5.41, 5.74) is 1.22. The van der Waals surface area contributed by atoms with E-state index in [1.165, 1.54) is 17.8 Å². The Morgan fingerprint density at radius 3 is 2.92 bits per heavy atom. The second kappa shape index (κ2) is 7.38. The summed E-state index contributed by atoms with van der Waals surface area (Å²) in [5.74, 6) is -0.0405. The molecular formula is C18H24N4O2. The average molecular weight is 328 g/mol. The van der Waals surface area contributed by atoms with Crippen LogP contribution in [0, 0.1) is 0 Å². The van der Waals surface area contributed by atoms with Gasteiger partial charge in [0.25, 0.3) is 0 Å². The molecular weight excluding hydrogens is 304 g/mol. The molecule has 0 radical (unpaired) electrons. The summed E-state index contributed by atoms with van der Waals surface area (Å²) in [6.07, 6.45) is 3.79. The zero-order valence-corrected chi connectivity index (χ0v) is 14.0. The largest absolute Gasteiger partial charge is 0.352 e. The first-order chi connectivity index (χ1) is 11.6. The third-order valence-corrected chi connectivity index (χ3v) is 4.42. The number of rotatable bonds is 5. The van der Waals surface area contributed by atoms with Crippen LogP contribution in [0.5, 0.6) is 0 Å². The van der Waals surface area contributed by atoms with Crippen LogP contribution < -0.4 is 10.6 Å². The number of carbonyl (C=O) groups excluding carboxylic acids is 2. The van der Waals surface area contributed by atoms with Crippen molar-refractivity contribution in [2.45, 2.75) is 32.4 Å². The van der Waals surface area contributed by atoms with Gasteiger partial charge in [-0.15, -0.1) is 0 Å². The molecule has 1 saturated heterocycles. The number of hydrogen-bond acceptors (Lipinski definition) is 2. The molecule has 0 saturated carbocycles. The molecule has 3 rings (SSSR count). The van der Waals surface area contributed by atoms with Gasteiger partial charge >= 0.3 is 6.03 Å². The fourth-order valence-electron chi connectivity index (χ4n) is 3.24. The number of nitrogens with zero attached hydrogens (tertiary/aromatic N) is 2. The number of benzene rings is 1. The number of likely N-dealkylation sites (tertiary alicyclic amines) is 1. The molecule has 2 heterocycles. The van der Waals surface area contributed by atoms with Gasteiger partial charge in [0, 0.05) is 50.9 Å². The van der Waals surface area contributed by atoms with Crippen molar-refractivity contribution < 1.29 is 9.59 Å². The van der Waals surface area contributed by atoms with Gasteiger partial charge in [-0.25, -0.2) is 4.79 Å². The molecule has 1 atom stereocenters. The van der Waals surface area contributed by atoms with Gasteiger partial charge in [0.05, 0.1) is 0 Å². The number of nitrogens with one attached hydrogen (secondary N) is 2. The minimum absolute atomic E-state index is 0.0405. The molecule has 6 heteroatoms. The number of aromatic nitrogens is 1. The molecule has 6 nitrogen and oxygen atoms in total. The topological polar surface area (TPSA) is 66.4 Å². The maximum Gasteiger partial charge on any atom is 0.317 e. The molecule has 3 amide bonds. The van der Waals surface area contributed by atoms with Gasteiger partial charge in [-0.3, -0.25) is 4.79 Å². The van der Waals surface area contributed by atoms with Crippen LogP contribution in [0.2, 0.25) is 0 Å². The second-order valence-electron chi connectivity index (χ2n) is 6.29. The summed E-state index contributed by atoms with van der Waals surface area (Å²) in [6.45, 7) is 4.31. The summed E-state index contributed by atoms with van der Waals surface area (Å²) in [7, 11) is 0. The van der Waals surface area contributed by atoms with Gasteiger partial charge in [0.1, 0.15) is 0 Å². The van der Waals surface area contributed by atoms with Gasteiger partial charge in [0.2, 0.25) is 5.91 Å². The van der Waals surface area contributed by atoms with Gasteiger partial charge < -0.3 is 20.1 Å². The van der Waals surface area contributed by atoms with Crippen LogP contribution in [-0.2, 0) is 11.3 Å². The maximum atomic E-state index is 12.1. The van der Waals surface area contributed by atoms with Crippen LogP contribution in [-0.4, -0.2) is 47.1 Å². The Hall–Kier alpha value is -2.50. The van der Waals surface area contributed by atoms with Crippen molar-refractivity contribution in [3.8, 4) is 0 Å². The molecule has 0 spiro atoms. The molecule has 1 aliphatic heterocycles. The first-order valence-corrected chi connectivity index (χ1v) is 8.47. The summed E-state index contributed by atoms with van der Waals surface area (Å²) in [6, 6.07) is 10.4. The SMILES string of the molecule is CC(=O)N[C@H]1CCN(C(=O)NCCCn2ccc3ccccc32)C1. The van der Waals surface area contributed by atoms with E-state index >= 15 is 0 Å². The Bertz CT molecular complexity index is 725. The number of carbonyl (C=O) groups is 2. The van der Waals surface area contributed by atoms with Crippen molar-refractivity contribution >= 4 is 22.8 Å². The Kier molecular flexibility index (Phi) is 5.03. The molecule has 0 unspecified atom stereocenters. The van der Waals surface area contributed by atoms with Gasteiger partial charge in [-0.2, -0.15) is 0 Å².